The fourth-order valence-corrected chi connectivity index (χ4v) is 4.00. The van der Waals surface area contributed by atoms with E-state index in [1.165, 1.54) is 11.8 Å². The first-order valence-electron chi connectivity index (χ1n) is 7.03. The molecule has 0 aliphatic carbocycles. The Balaban J connectivity index is 1.73. The number of thioether (sulfide) groups is 1. The monoisotopic (exact) mass is 332 g/mol. The van der Waals surface area contributed by atoms with Crippen LogP contribution in [0.25, 0.3) is 0 Å². The Morgan fingerprint density at radius 1 is 1.23 bits per heavy atom. The second-order valence-electron chi connectivity index (χ2n) is 4.96. The fourth-order valence-electron chi connectivity index (χ4n) is 2.37. The quantitative estimate of drug-likeness (QED) is 0.915. The van der Waals surface area contributed by atoms with Crippen molar-refractivity contribution in [3.8, 4) is 0 Å². The fraction of sp³-hybridized carbons (Fsp3) is 0.250. The molecule has 6 heteroatoms. The lowest BCUT2D eigenvalue weighted by molar-refractivity contribution is -0.122. The Bertz CT molecular complexity index is 643. The number of benzene rings is 1. The molecule has 0 saturated carbocycles. The molecule has 1 saturated heterocycles. The summed E-state index contributed by atoms with van der Waals surface area (Å²) in [7, 11) is 0. The van der Waals surface area contributed by atoms with Crippen LogP contribution in [0.5, 0.6) is 0 Å². The minimum absolute atomic E-state index is 0.0115. The molecule has 1 unspecified atom stereocenters. The molecule has 1 aromatic carbocycles. The molecule has 2 amide bonds. The van der Waals surface area contributed by atoms with E-state index in [1.807, 2.05) is 47.8 Å². The van der Waals surface area contributed by atoms with Crippen LogP contribution in [-0.2, 0) is 4.79 Å². The molecule has 2 heterocycles. The highest BCUT2D eigenvalue weighted by atomic mass is 32.2. The zero-order valence-corrected chi connectivity index (χ0v) is 13.5. The summed E-state index contributed by atoms with van der Waals surface area (Å²) in [4.78, 5) is 26.6. The van der Waals surface area contributed by atoms with Gasteiger partial charge >= 0.3 is 0 Å². The van der Waals surface area contributed by atoms with Gasteiger partial charge in [-0.1, -0.05) is 48.2 Å². The molecule has 114 valence electrons. The van der Waals surface area contributed by atoms with Gasteiger partial charge in [0, 0.05) is 17.2 Å². The van der Waals surface area contributed by atoms with Crippen LogP contribution in [-0.4, -0.2) is 34.9 Å². The van der Waals surface area contributed by atoms with E-state index >= 15 is 0 Å². The van der Waals surface area contributed by atoms with Gasteiger partial charge in [0.15, 0.2) is 0 Å². The molecule has 3 rings (SSSR count). The Hall–Kier alpha value is -1.79. The number of carbonyl (C=O) groups excluding carboxylic acids is 2. The number of rotatable bonds is 5. The molecule has 1 aliphatic heterocycles. The minimum Gasteiger partial charge on any atom is -0.343 e. The van der Waals surface area contributed by atoms with Crippen LogP contribution in [0, 0.1) is 0 Å². The Kier molecular flexibility index (Phi) is 4.80. The highest BCUT2D eigenvalue weighted by Gasteiger charge is 2.25. The molecule has 1 aliphatic rings. The number of nitrogens with zero attached hydrogens (tertiary/aromatic N) is 1. The summed E-state index contributed by atoms with van der Waals surface area (Å²) >= 11 is 2.88. The first kappa shape index (κ1) is 15.1. The maximum absolute atomic E-state index is 12.3. The third kappa shape index (κ3) is 3.51. The van der Waals surface area contributed by atoms with Gasteiger partial charge in [-0.3, -0.25) is 9.59 Å². The van der Waals surface area contributed by atoms with Crippen molar-refractivity contribution in [3.63, 3.8) is 0 Å². The van der Waals surface area contributed by atoms with Crippen molar-refractivity contribution in [2.24, 2.45) is 0 Å². The molecule has 22 heavy (non-hydrogen) atoms. The molecule has 1 atom stereocenters. The van der Waals surface area contributed by atoms with E-state index in [-0.39, 0.29) is 23.7 Å². The van der Waals surface area contributed by atoms with Gasteiger partial charge in [0.1, 0.15) is 6.54 Å². The number of thiophene rings is 1. The number of hydrogen-bond acceptors (Lipinski definition) is 4. The third-order valence-corrected chi connectivity index (χ3v) is 5.27. The largest absolute Gasteiger partial charge is 0.343 e. The van der Waals surface area contributed by atoms with Gasteiger partial charge < -0.3 is 10.2 Å². The number of carbonyl (C=O) groups is 2. The topological polar surface area (TPSA) is 49.4 Å². The number of nitrogens with one attached hydrogen (secondary N) is 1. The molecule has 0 bridgehead atoms. The lowest BCUT2D eigenvalue weighted by atomic mass is 10.1. The number of hydrogen-bond donors (Lipinski definition) is 1. The van der Waals surface area contributed by atoms with Crippen LogP contribution in [0.4, 0.5) is 4.79 Å². The van der Waals surface area contributed by atoms with Gasteiger partial charge in [0.25, 0.3) is 5.24 Å². The summed E-state index contributed by atoms with van der Waals surface area (Å²) in [6, 6.07) is 13.7. The Morgan fingerprint density at radius 3 is 2.68 bits per heavy atom. The van der Waals surface area contributed by atoms with Crippen molar-refractivity contribution < 1.29 is 9.59 Å². The zero-order valence-electron chi connectivity index (χ0n) is 11.9. The summed E-state index contributed by atoms with van der Waals surface area (Å²) in [6.07, 6.45) is 0. The molecule has 1 N–H and O–H groups in total. The van der Waals surface area contributed by atoms with Crippen molar-refractivity contribution in [1.82, 2.24) is 10.2 Å². The van der Waals surface area contributed by atoms with Gasteiger partial charge in [-0.15, -0.1) is 11.3 Å². The van der Waals surface area contributed by atoms with Crippen molar-refractivity contribution in [2.75, 3.05) is 18.8 Å². The molecule has 1 aromatic heterocycles. The van der Waals surface area contributed by atoms with E-state index < -0.39 is 0 Å². The van der Waals surface area contributed by atoms with Crippen LogP contribution < -0.4 is 5.32 Å². The number of amides is 2. The van der Waals surface area contributed by atoms with E-state index in [9.17, 15) is 9.59 Å². The average molecular weight is 332 g/mol. The van der Waals surface area contributed by atoms with Crippen LogP contribution in [0.3, 0.4) is 0 Å². The second-order valence-corrected chi connectivity index (χ2v) is 6.99. The smallest absolute Gasteiger partial charge is 0.282 e. The summed E-state index contributed by atoms with van der Waals surface area (Å²) in [5.74, 6) is 0.636. The van der Waals surface area contributed by atoms with E-state index in [0.717, 1.165) is 16.2 Å². The lowest BCUT2D eigenvalue weighted by Gasteiger charge is -2.20. The Morgan fingerprint density at radius 2 is 2.05 bits per heavy atom. The highest BCUT2D eigenvalue weighted by molar-refractivity contribution is 8.13. The van der Waals surface area contributed by atoms with Gasteiger partial charge in [0.05, 0.1) is 6.04 Å². The molecular formula is C16H16N2O2S2. The lowest BCUT2D eigenvalue weighted by Crippen LogP contribution is -2.39. The predicted octanol–water partition coefficient (Wildman–Crippen LogP) is 3.12. The van der Waals surface area contributed by atoms with Gasteiger partial charge in [0.2, 0.25) is 5.91 Å². The molecular weight excluding hydrogens is 316 g/mol. The van der Waals surface area contributed by atoms with Crippen molar-refractivity contribution in [2.45, 2.75) is 6.04 Å². The van der Waals surface area contributed by atoms with Crippen LogP contribution in [0.15, 0.2) is 47.8 Å². The summed E-state index contributed by atoms with van der Waals surface area (Å²) in [5, 5.41) is 5.04. The normalized spacial score (nSPS) is 15.8. The molecule has 2 aromatic rings. The van der Waals surface area contributed by atoms with E-state index in [4.69, 9.17) is 0 Å². The first-order valence-corrected chi connectivity index (χ1v) is 8.90. The van der Waals surface area contributed by atoms with Crippen LogP contribution in [0.1, 0.15) is 16.5 Å². The van der Waals surface area contributed by atoms with Crippen molar-refractivity contribution >= 4 is 34.2 Å². The minimum atomic E-state index is -0.168. The average Bonchev–Trinajstić information content (AvgIpc) is 3.18. The molecule has 0 radical (unpaired) electrons. The van der Waals surface area contributed by atoms with E-state index in [1.54, 1.807) is 16.2 Å². The first-order chi connectivity index (χ1) is 10.7. The van der Waals surface area contributed by atoms with Crippen molar-refractivity contribution in [3.05, 3.63) is 58.3 Å². The third-order valence-electron chi connectivity index (χ3n) is 3.45. The molecule has 0 spiro atoms. The Labute approximate surface area is 137 Å². The summed E-state index contributed by atoms with van der Waals surface area (Å²) in [6.45, 7) is 0.770. The highest BCUT2D eigenvalue weighted by Crippen LogP contribution is 2.26. The summed E-state index contributed by atoms with van der Waals surface area (Å²) < 4.78 is 0. The molecule has 4 nitrogen and oxygen atoms in total. The zero-order chi connectivity index (χ0) is 15.4. The SMILES string of the molecule is O=C(CN1CCSC1=O)NC(c1ccccc1)c1cccs1. The van der Waals surface area contributed by atoms with Crippen LogP contribution >= 0.6 is 23.1 Å². The maximum atomic E-state index is 12.3. The van der Waals surface area contributed by atoms with Crippen molar-refractivity contribution in [1.29, 1.82) is 0 Å². The van der Waals surface area contributed by atoms with Gasteiger partial charge in [-0.2, -0.15) is 0 Å². The summed E-state index contributed by atoms with van der Waals surface area (Å²) in [5.41, 5.74) is 1.04. The molecule has 1 fully saturated rings. The van der Waals surface area contributed by atoms with Gasteiger partial charge in [-0.05, 0) is 17.0 Å². The van der Waals surface area contributed by atoms with E-state index in [0.29, 0.717) is 6.54 Å². The standard InChI is InChI=1S/C16H16N2O2S2/c19-14(11-18-8-10-22-16(18)20)17-15(13-7-4-9-21-13)12-5-2-1-3-6-12/h1-7,9,15H,8,10-11H2,(H,17,19). The predicted molar refractivity (Wildman–Crippen MR) is 90.2 cm³/mol. The van der Waals surface area contributed by atoms with Gasteiger partial charge in [-0.25, -0.2) is 0 Å². The van der Waals surface area contributed by atoms with Crippen LogP contribution in [0.2, 0.25) is 0 Å². The van der Waals surface area contributed by atoms with E-state index in [2.05, 4.69) is 5.32 Å². The maximum Gasteiger partial charge on any atom is 0.282 e. The second kappa shape index (κ2) is 6.98.